The third-order valence-electron chi connectivity index (χ3n) is 11.0. The van der Waals surface area contributed by atoms with Gasteiger partial charge in [-0.2, -0.15) is 0 Å². The van der Waals surface area contributed by atoms with E-state index < -0.39 is 12.1 Å². The van der Waals surface area contributed by atoms with Crippen molar-refractivity contribution < 1.29 is 19.1 Å². The molecule has 0 bridgehead atoms. The number of hydrogen-bond acceptors (Lipinski definition) is 4. The minimum Gasteiger partial charge on any atom is -0.449 e. The van der Waals surface area contributed by atoms with Crippen LogP contribution in [0.1, 0.15) is 191 Å². The Bertz CT molecular complexity index is 1270. The summed E-state index contributed by atoms with van der Waals surface area (Å²) in [5.41, 5.74) is 4.56. The van der Waals surface area contributed by atoms with Crippen LogP contribution in [-0.4, -0.2) is 43.6 Å². The smallest absolute Gasteiger partial charge is 0.407 e. The van der Waals surface area contributed by atoms with Gasteiger partial charge in [0.05, 0.1) is 6.42 Å². The van der Waals surface area contributed by atoms with Crippen molar-refractivity contribution in [2.75, 3.05) is 19.7 Å². The first-order valence-corrected chi connectivity index (χ1v) is 22.2. The van der Waals surface area contributed by atoms with Crippen molar-refractivity contribution in [2.45, 2.75) is 186 Å². The summed E-state index contributed by atoms with van der Waals surface area (Å²) in [6.45, 7) is 5.77. The summed E-state index contributed by atoms with van der Waals surface area (Å²) in [6.07, 6.45) is 29.4. The van der Waals surface area contributed by atoms with Gasteiger partial charge in [0, 0.05) is 19.0 Å². The zero-order valence-electron chi connectivity index (χ0n) is 34.2. The lowest BCUT2D eigenvalue weighted by molar-refractivity contribution is -0.128. The van der Waals surface area contributed by atoms with Gasteiger partial charge in [0.1, 0.15) is 12.6 Å². The maximum atomic E-state index is 13.3. The molecule has 0 spiro atoms. The first kappa shape index (κ1) is 45.0. The average molecular weight is 746 g/mol. The lowest BCUT2D eigenvalue weighted by atomic mass is 9.98. The Labute approximate surface area is 329 Å². The summed E-state index contributed by atoms with van der Waals surface area (Å²) < 4.78 is 5.74. The van der Waals surface area contributed by atoms with Gasteiger partial charge in [-0.3, -0.25) is 9.59 Å². The van der Waals surface area contributed by atoms with E-state index in [-0.39, 0.29) is 30.8 Å². The van der Waals surface area contributed by atoms with Crippen LogP contribution in [-0.2, 0) is 14.3 Å². The van der Waals surface area contributed by atoms with Gasteiger partial charge in [-0.25, -0.2) is 4.79 Å². The molecular formula is C47H75N3O4. The Hall–Kier alpha value is -3.35. The number of carbonyl (C=O) groups excluding carboxylic acids is 3. The molecule has 7 heteroatoms. The van der Waals surface area contributed by atoms with Crippen LogP contribution in [0.15, 0.2) is 48.5 Å². The molecule has 0 fully saturated rings. The van der Waals surface area contributed by atoms with Gasteiger partial charge in [-0.15, -0.1) is 0 Å². The van der Waals surface area contributed by atoms with Gasteiger partial charge < -0.3 is 20.7 Å². The second-order valence-electron chi connectivity index (χ2n) is 15.6. The van der Waals surface area contributed by atoms with Crippen molar-refractivity contribution in [3.8, 4) is 11.1 Å². The molecule has 2 aromatic carbocycles. The van der Waals surface area contributed by atoms with Crippen molar-refractivity contribution >= 4 is 17.9 Å². The van der Waals surface area contributed by atoms with Gasteiger partial charge in [-0.05, 0) is 35.1 Å². The number of amides is 3. The predicted molar refractivity (Wildman–Crippen MR) is 225 cm³/mol. The molecule has 3 amide bonds. The predicted octanol–water partition coefficient (Wildman–Crippen LogP) is 11.9. The minimum atomic E-state index is -1.000. The highest BCUT2D eigenvalue weighted by Gasteiger charge is 2.30. The highest BCUT2D eigenvalue weighted by Crippen LogP contribution is 2.44. The molecule has 0 heterocycles. The molecule has 302 valence electrons. The molecule has 3 rings (SSSR count). The molecule has 1 aliphatic rings. The summed E-state index contributed by atoms with van der Waals surface area (Å²) in [4.78, 5) is 39.4. The van der Waals surface area contributed by atoms with E-state index in [9.17, 15) is 14.4 Å². The van der Waals surface area contributed by atoms with Crippen molar-refractivity contribution in [3.05, 3.63) is 59.7 Å². The molecule has 0 radical (unpaired) electrons. The topological polar surface area (TPSA) is 96.5 Å². The molecule has 3 N–H and O–H groups in total. The Morgan fingerprint density at radius 2 is 0.926 bits per heavy atom. The van der Waals surface area contributed by atoms with E-state index in [4.69, 9.17) is 4.74 Å². The fourth-order valence-corrected chi connectivity index (χ4v) is 7.74. The molecule has 7 nitrogen and oxygen atoms in total. The van der Waals surface area contributed by atoms with Gasteiger partial charge in [0.2, 0.25) is 11.8 Å². The fourth-order valence-electron chi connectivity index (χ4n) is 7.74. The van der Waals surface area contributed by atoms with Crippen LogP contribution in [0.3, 0.4) is 0 Å². The number of fused-ring (bicyclic) bond motifs is 3. The Balaban J connectivity index is 1.37. The summed E-state index contributed by atoms with van der Waals surface area (Å²) in [6, 6.07) is 15.4. The van der Waals surface area contributed by atoms with Crippen molar-refractivity contribution in [2.24, 2.45) is 0 Å². The summed E-state index contributed by atoms with van der Waals surface area (Å²) >= 11 is 0. The van der Waals surface area contributed by atoms with E-state index in [1.807, 2.05) is 24.3 Å². The van der Waals surface area contributed by atoms with E-state index in [0.29, 0.717) is 13.1 Å². The maximum Gasteiger partial charge on any atom is 0.407 e. The van der Waals surface area contributed by atoms with E-state index >= 15 is 0 Å². The van der Waals surface area contributed by atoms with Crippen molar-refractivity contribution in [1.29, 1.82) is 0 Å². The molecule has 0 saturated heterocycles. The van der Waals surface area contributed by atoms with E-state index in [2.05, 4.69) is 54.1 Å². The first-order valence-electron chi connectivity index (χ1n) is 22.2. The molecular weight excluding hydrogens is 671 g/mol. The highest BCUT2D eigenvalue weighted by atomic mass is 16.5. The van der Waals surface area contributed by atoms with E-state index in [1.54, 1.807) is 0 Å². The monoisotopic (exact) mass is 746 g/mol. The standard InChI is InChI=1S/C47H75N3O4/c1-3-5-7-9-11-13-15-16-17-18-20-21-23-29-35-48-45(51)37-44(46(52)49-36-30-24-22-19-14-12-10-8-6-4-2)50-47(53)54-38-43-41-33-27-25-31-39(41)40-32-26-28-34-42(40)43/h25-28,31-34,43-44H,3-24,29-30,35-38H2,1-2H3,(H,48,51)(H,49,52)(H,50,53)/t44-/m0/s1. The molecule has 0 unspecified atom stereocenters. The number of rotatable bonds is 32. The SMILES string of the molecule is CCCCCCCCCCCCCCCCNC(=O)C[C@H](NC(=O)OCC1c2ccccc2-c2ccccc21)C(=O)NCCCCCCCCCCCC. The average Bonchev–Trinajstić information content (AvgIpc) is 3.50. The van der Waals surface area contributed by atoms with Crippen LogP contribution >= 0.6 is 0 Å². The lowest BCUT2D eigenvalue weighted by Gasteiger charge is -2.20. The fraction of sp³-hybridized carbons (Fsp3) is 0.681. The normalized spacial score (nSPS) is 12.6. The maximum absolute atomic E-state index is 13.3. The van der Waals surface area contributed by atoms with Crippen LogP contribution in [0.25, 0.3) is 11.1 Å². The number of nitrogens with one attached hydrogen (secondary N) is 3. The zero-order chi connectivity index (χ0) is 38.5. The Morgan fingerprint density at radius 1 is 0.537 bits per heavy atom. The zero-order valence-corrected chi connectivity index (χ0v) is 34.2. The summed E-state index contributed by atoms with van der Waals surface area (Å²) in [7, 11) is 0. The number of unbranched alkanes of at least 4 members (excludes halogenated alkanes) is 22. The van der Waals surface area contributed by atoms with Crippen LogP contribution in [0, 0.1) is 0 Å². The Morgan fingerprint density at radius 3 is 1.37 bits per heavy atom. The van der Waals surface area contributed by atoms with Gasteiger partial charge in [-0.1, -0.05) is 204 Å². The Kier molecular flexibility index (Phi) is 24.2. The molecule has 0 aromatic heterocycles. The molecule has 1 aliphatic carbocycles. The number of ether oxygens (including phenoxy) is 1. The lowest BCUT2D eigenvalue weighted by Crippen LogP contribution is -2.49. The van der Waals surface area contributed by atoms with Crippen LogP contribution < -0.4 is 16.0 Å². The molecule has 1 atom stereocenters. The van der Waals surface area contributed by atoms with Gasteiger partial charge >= 0.3 is 6.09 Å². The van der Waals surface area contributed by atoms with Gasteiger partial charge in [0.15, 0.2) is 0 Å². The second kappa shape index (κ2) is 29.0. The number of alkyl carbamates (subject to hydrolysis) is 1. The molecule has 0 saturated carbocycles. The van der Waals surface area contributed by atoms with Crippen LogP contribution in [0.4, 0.5) is 4.79 Å². The third-order valence-corrected chi connectivity index (χ3v) is 11.0. The van der Waals surface area contributed by atoms with E-state index in [0.717, 1.165) is 54.4 Å². The van der Waals surface area contributed by atoms with Crippen molar-refractivity contribution in [1.82, 2.24) is 16.0 Å². The number of carbonyl (C=O) groups is 3. The molecule has 54 heavy (non-hydrogen) atoms. The third kappa shape index (κ3) is 18.3. The minimum absolute atomic E-state index is 0.0832. The first-order chi connectivity index (χ1) is 26.5. The van der Waals surface area contributed by atoms with Gasteiger partial charge in [0.25, 0.3) is 0 Å². The quantitative estimate of drug-likeness (QED) is 0.0650. The van der Waals surface area contributed by atoms with E-state index in [1.165, 1.54) is 122 Å². The summed E-state index contributed by atoms with van der Waals surface area (Å²) in [5, 5.41) is 8.69. The largest absolute Gasteiger partial charge is 0.449 e. The van der Waals surface area contributed by atoms with Crippen LogP contribution in [0.2, 0.25) is 0 Å². The second-order valence-corrected chi connectivity index (χ2v) is 15.6. The molecule has 2 aromatic rings. The van der Waals surface area contributed by atoms with Crippen molar-refractivity contribution in [3.63, 3.8) is 0 Å². The molecule has 0 aliphatic heterocycles. The highest BCUT2D eigenvalue weighted by molar-refractivity contribution is 5.91. The summed E-state index contributed by atoms with van der Waals surface area (Å²) in [5.74, 6) is -0.658. The number of benzene rings is 2. The number of hydrogen-bond donors (Lipinski definition) is 3. The van der Waals surface area contributed by atoms with Crippen LogP contribution in [0.5, 0.6) is 0 Å².